The van der Waals surface area contributed by atoms with Crippen LogP contribution in [-0.2, 0) is 0 Å². The molecule has 1 aromatic heterocycles. The van der Waals surface area contributed by atoms with Gasteiger partial charge < -0.3 is 10.4 Å². The molecule has 2 N–H and O–H groups in total. The Morgan fingerprint density at radius 2 is 2.12 bits per heavy atom. The normalized spacial score (nSPS) is 12.9. The first kappa shape index (κ1) is 13.2. The van der Waals surface area contributed by atoms with Crippen molar-refractivity contribution in [3.63, 3.8) is 0 Å². The summed E-state index contributed by atoms with van der Waals surface area (Å²) >= 11 is 1.62. The summed E-state index contributed by atoms with van der Waals surface area (Å²) in [6.45, 7) is 7.86. The van der Waals surface area contributed by atoms with Gasteiger partial charge in [-0.1, -0.05) is 13.8 Å². The van der Waals surface area contributed by atoms with Crippen molar-refractivity contribution in [2.75, 3.05) is 6.61 Å². The lowest BCUT2D eigenvalue weighted by atomic mass is 10.0. The van der Waals surface area contributed by atoms with Gasteiger partial charge in [-0.3, -0.25) is 4.79 Å². The topological polar surface area (TPSA) is 49.3 Å². The summed E-state index contributed by atoms with van der Waals surface area (Å²) < 4.78 is 0. The van der Waals surface area contributed by atoms with E-state index in [1.807, 2.05) is 33.8 Å². The van der Waals surface area contributed by atoms with Crippen molar-refractivity contribution >= 4 is 17.2 Å². The van der Waals surface area contributed by atoms with E-state index in [0.29, 0.717) is 0 Å². The predicted octanol–water partition coefficient (Wildman–Crippen LogP) is 2.11. The van der Waals surface area contributed by atoms with E-state index < -0.39 is 0 Å². The molecule has 1 amide bonds. The second kappa shape index (κ2) is 5.46. The third kappa shape index (κ3) is 3.06. The lowest BCUT2D eigenvalue weighted by Gasteiger charge is -2.19. The molecule has 0 aliphatic heterocycles. The fourth-order valence-corrected chi connectivity index (χ4v) is 2.45. The van der Waals surface area contributed by atoms with E-state index >= 15 is 0 Å². The van der Waals surface area contributed by atoms with Gasteiger partial charge in [0, 0.05) is 9.75 Å². The van der Waals surface area contributed by atoms with Crippen LogP contribution in [0.3, 0.4) is 0 Å². The Bertz CT molecular complexity index is 371. The van der Waals surface area contributed by atoms with Crippen LogP contribution in [-0.4, -0.2) is 23.7 Å². The van der Waals surface area contributed by atoms with Gasteiger partial charge in [-0.05, 0) is 25.8 Å². The molecule has 3 nitrogen and oxygen atoms in total. The number of nitrogens with one attached hydrogen (secondary N) is 1. The van der Waals surface area contributed by atoms with Crippen LogP contribution in [0.5, 0.6) is 0 Å². The minimum atomic E-state index is -0.174. The molecular formula is C12H19NO2S. The number of aliphatic hydroxyl groups is 1. The fraction of sp³-hybridized carbons (Fsp3) is 0.583. The Balaban J connectivity index is 2.75. The van der Waals surface area contributed by atoms with Crippen LogP contribution in [0.25, 0.3) is 0 Å². The van der Waals surface area contributed by atoms with Crippen molar-refractivity contribution in [2.24, 2.45) is 5.92 Å². The lowest BCUT2D eigenvalue weighted by molar-refractivity contribution is 0.0896. The highest BCUT2D eigenvalue weighted by molar-refractivity contribution is 7.12. The highest BCUT2D eigenvalue weighted by Crippen LogP contribution is 2.20. The summed E-state index contributed by atoms with van der Waals surface area (Å²) in [5.41, 5.74) is 0.724. The maximum absolute atomic E-state index is 11.9. The molecule has 0 aromatic carbocycles. The first-order chi connectivity index (χ1) is 7.45. The first-order valence-corrected chi connectivity index (χ1v) is 6.26. The van der Waals surface area contributed by atoms with Gasteiger partial charge in [0.15, 0.2) is 0 Å². The van der Waals surface area contributed by atoms with Gasteiger partial charge in [-0.2, -0.15) is 0 Å². The van der Waals surface area contributed by atoms with E-state index in [0.717, 1.165) is 15.3 Å². The minimum Gasteiger partial charge on any atom is -0.394 e. The third-order valence-electron chi connectivity index (χ3n) is 2.60. The van der Waals surface area contributed by atoms with Crippen molar-refractivity contribution in [3.05, 3.63) is 21.4 Å². The van der Waals surface area contributed by atoms with Crippen molar-refractivity contribution in [1.82, 2.24) is 5.32 Å². The lowest BCUT2D eigenvalue weighted by Crippen LogP contribution is -2.41. The van der Waals surface area contributed by atoms with Crippen molar-refractivity contribution in [1.29, 1.82) is 0 Å². The molecule has 0 saturated heterocycles. The molecule has 1 aromatic rings. The van der Waals surface area contributed by atoms with Gasteiger partial charge in [-0.15, -0.1) is 11.3 Å². The van der Waals surface area contributed by atoms with Crippen LogP contribution in [0.4, 0.5) is 0 Å². The van der Waals surface area contributed by atoms with E-state index in [1.54, 1.807) is 11.3 Å². The molecule has 16 heavy (non-hydrogen) atoms. The van der Waals surface area contributed by atoms with Gasteiger partial charge in [0.1, 0.15) is 0 Å². The number of amides is 1. The molecule has 0 spiro atoms. The summed E-state index contributed by atoms with van der Waals surface area (Å²) in [5.74, 6) is 0.142. The maximum Gasteiger partial charge on any atom is 0.252 e. The monoisotopic (exact) mass is 241 g/mol. The predicted molar refractivity (Wildman–Crippen MR) is 67.0 cm³/mol. The minimum absolute atomic E-state index is 0.0222. The molecule has 0 aliphatic rings. The van der Waals surface area contributed by atoms with E-state index in [2.05, 4.69) is 5.32 Å². The molecule has 0 radical (unpaired) electrons. The molecule has 0 unspecified atom stereocenters. The van der Waals surface area contributed by atoms with Gasteiger partial charge >= 0.3 is 0 Å². The SMILES string of the molecule is Cc1cc(C(=O)N[C@H](CO)C(C)C)c(C)s1. The van der Waals surface area contributed by atoms with Gasteiger partial charge in [0.2, 0.25) is 0 Å². The average molecular weight is 241 g/mol. The number of hydrogen-bond donors (Lipinski definition) is 2. The molecule has 90 valence electrons. The average Bonchev–Trinajstić information content (AvgIpc) is 2.53. The zero-order valence-corrected chi connectivity index (χ0v) is 11.0. The summed E-state index contributed by atoms with van der Waals surface area (Å²) in [5, 5.41) is 12.0. The number of carbonyl (C=O) groups is 1. The quantitative estimate of drug-likeness (QED) is 0.848. The number of hydrogen-bond acceptors (Lipinski definition) is 3. The Labute approximate surface area is 100 Å². The van der Waals surface area contributed by atoms with Crippen LogP contribution in [0.1, 0.15) is 34.0 Å². The molecule has 0 aliphatic carbocycles. The summed E-state index contributed by atoms with van der Waals surface area (Å²) in [7, 11) is 0. The fourth-order valence-electron chi connectivity index (χ4n) is 1.53. The number of aliphatic hydroxyl groups excluding tert-OH is 1. The zero-order valence-electron chi connectivity index (χ0n) is 10.2. The highest BCUT2D eigenvalue weighted by atomic mass is 32.1. The van der Waals surface area contributed by atoms with Gasteiger partial charge in [0.25, 0.3) is 5.91 Å². The number of thiophene rings is 1. The number of carbonyl (C=O) groups excluding carboxylic acids is 1. The van der Waals surface area contributed by atoms with E-state index in [-0.39, 0.29) is 24.5 Å². The van der Waals surface area contributed by atoms with E-state index in [9.17, 15) is 4.79 Å². The van der Waals surface area contributed by atoms with Crippen molar-refractivity contribution < 1.29 is 9.90 Å². The summed E-state index contributed by atoms with van der Waals surface area (Å²) in [4.78, 5) is 14.1. The molecular weight excluding hydrogens is 222 g/mol. The molecule has 1 atom stereocenters. The molecule has 0 saturated carbocycles. The maximum atomic E-state index is 11.9. The smallest absolute Gasteiger partial charge is 0.252 e. The Hall–Kier alpha value is -0.870. The van der Waals surface area contributed by atoms with Crippen molar-refractivity contribution in [3.8, 4) is 0 Å². The van der Waals surface area contributed by atoms with Crippen LogP contribution >= 0.6 is 11.3 Å². The number of rotatable bonds is 4. The van der Waals surface area contributed by atoms with E-state index in [1.165, 1.54) is 0 Å². The molecule has 1 rings (SSSR count). The van der Waals surface area contributed by atoms with Crippen LogP contribution < -0.4 is 5.32 Å². The Morgan fingerprint density at radius 3 is 2.50 bits per heavy atom. The van der Waals surface area contributed by atoms with Crippen LogP contribution in [0.2, 0.25) is 0 Å². The largest absolute Gasteiger partial charge is 0.394 e. The molecule has 0 fully saturated rings. The second-order valence-corrected chi connectivity index (χ2v) is 5.79. The first-order valence-electron chi connectivity index (χ1n) is 5.44. The van der Waals surface area contributed by atoms with Gasteiger partial charge in [-0.25, -0.2) is 0 Å². The molecule has 0 bridgehead atoms. The Morgan fingerprint density at radius 1 is 1.50 bits per heavy atom. The van der Waals surface area contributed by atoms with Gasteiger partial charge in [0.05, 0.1) is 18.2 Å². The van der Waals surface area contributed by atoms with Crippen LogP contribution in [0.15, 0.2) is 6.07 Å². The molecule has 4 heteroatoms. The van der Waals surface area contributed by atoms with Crippen molar-refractivity contribution in [2.45, 2.75) is 33.7 Å². The summed E-state index contributed by atoms with van der Waals surface area (Å²) in [6, 6.07) is 1.72. The second-order valence-electron chi connectivity index (χ2n) is 4.33. The third-order valence-corrected chi connectivity index (χ3v) is 3.57. The number of aryl methyl sites for hydroxylation is 2. The molecule has 1 heterocycles. The van der Waals surface area contributed by atoms with E-state index in [4.69, 9.17) is 5.11 Å². The zero-order chi connectivity index (χ0) is 12.3. The van der Waals surface area contributed by atoms with Crippen LogP contribution in [0, 0.1) is 19.8 Å². The standard InChI is InChI=1S/C12H19NO2S/c1-7(2)11(6-14)13-12(15)10-5-8(3)16-9(10)4/h5,7,11,14H,6H2,1-4H3,(H,13,15)/t11-/m1/s1. The Kier molecular flexibility index (Phi) is 4.50. The highest BCUT2D eigenvalue weighted by Gasteiger charge is 2.18. The summed E-state index contributed by atoms with van der Waals surface area (Å²) in [6.07, 6.45) is 0.